The van der Waals surface area contributed by atoms with Crippen LogP contribution in [0, 0.1) is 5.92 Å². The van der Waals surface area contributed by atoms with Gasteiger partial charge in [0.05, 0.1) is 38.5 Å². The van der Waals surface area contributed by atoms with Gasteiger partial charge < -0.3 is 23.8 Å². The Morgan fingerprint density at radius 1 is 1.03 bits per heavy atom. The molecule has 4 rings (SSSR count). The lowest BCUT2D eigenvalue weighted by Crippen LogP contribution is -2.26. The van der Waals surface area contributed by atoms with E-state index >= 15 is 0 Å². The Balaban J connectivity index is 1.54. The Morgan fingerprint density at radius 3 is 2.39 bits per heavy atom. The zero-order valence-corrected chi connectivity index (χ0v) is 19.3. The summed E-state index contributed by atoms with van der Waals surface area (Å²) in [6, 6.07) is 9.56. The van der Waals surface area contributed by atoms with E-state index in [2.05, 4.69) is 10.5 Å². The van der Waals surface area contributed by atoms with Crippen molar-refractivity contribution in [3.63, 3.8) is 0 Å². The van der Waals surface area contributed by atoms with Crippen LogP contribution in [0.1, 0.15) is 44.1 Å². The van der Waals surface area contributed by atoms with Crippen molar-refractivity contribution >= 4 is 11.7 Å². The second kappa shape index (κ2) is 11.3. The molecule has 2 aromatic rings. The van der Waals surface area contributed by atoms with E-state index in [0.717, 1.165) is 29.5 Å². The van der Waals surface area contributed by atoms with Crippen LogP contribution in [0.2, 0.25) is 0 Å². The smallest absolute Gasteiger partial charge is 0.335 e. The highest BCUT2D eigenvalue weighted by Crippen LogP contribution is 2.33. The lowest BCUT2D eigenvalue weighted by atomic mass is 10.00. The van der Waals surface area contributed by atoms with Crippen molar-refractivity contribution < 1.29 is 28.6 Å². The van der Waals surface area contributed by atoms with E-state index in [1.54, 1.807) is 14.2 Å². The maximum absolute atomic E-state index is 12.4. The number of nitrogens with zero attached hydrogens (tertiary/aromatic N) is 1. The van der Waals surface area contributed by atoms with E-state index in [4.69, 9.17) is 23.8 Å². The molecule has 0 atom stereocenters. The number of ether oxygens (including phenoxy) is 4. The molecule has 0 amide bonds. The summed E-state index contributed by atoms with van der Waals surface area (Å²) in [5.41, 5.74) is 6.39. The van der Waals surface area contributed by atoms with Gasteiger partial charge in [-0.1, -0.05) is 18.9 Å². The average molecular weight is 457 g/mol. The molecule has 2 heterocycles. The van der Waals surface area contributed by atoms with Crippen LogP contribution >= 0.6 is 0 Å². The summed E-state index contributed by atoms with van der Waals surface area (Å²) < 4.78 is 22.2. The molecule has 2 aliphatic rings. The third-order valence-corrected chi connectivity index (χ3v) is 6.21. The van der Waals surface area contributed by atoms with E-state index in [9.17, 15) is 4.79 Å². The summed E-state index contributed by atoms with van der Waals surface area (Å²) in [4.78, 5) is 22.1. The molecule has 1 N–H and O–H groups in total. The first-order valence-corrected chi connectivity index (χ1v) is 11.6. The van der Waals surface area contributed by atoms with Gasteiger partial charge in [-0.25, -0.2) is 10.3 Å². The Labute approximate surface area is 194 Å². The van der Waals surface area contributed by atoms with Gasteiger partial charge in [-0.05, 0) is 54.5 Å². The Kier molecular flexibility index (Phi) is 8.01. The van der Waals surface area contributed by atoms with Gasteiger partial charge in [0.25, 0.3) is 0 Å². The molecule has 1 aromatic carbocycles. The molecule has 1 saturated heterocycles. The molecule has 0 radical (unpaired) electrons. The minimum Gasteiger partial charge on any atom is -0.481 e. The fourth-order valence-corrected chi connectivity index (χ4v) is 4.29. The number of nitrogens with one attached hydrogen (secondary N) is 1. The van der Waals surface area contributed by atoms with Crippen LogP contribution in [0.5, 0.6) is 11.8 Å². The van der Waals surface area contributed by atoms with Crippen LogP contribution in [0.25, 0.3) is 11.1 Å². The lowest BCUT2D eigenvalue weighted by molar-refractivity contribution is -0.148. The van der Waals surface area contributed by atoms with Crippen molar-refractivity contribution in [3.8, 4) is 22.9 Å². The molecule has 1 aliphatic heterocycles. The molecule has 0 spiro atoms. The number of pyridine rings is 1. The standard InChI is InChI=1S/C25H32N2O6/c1-29-23-14-18(15-24(26-23)30-2)22-8-7-20(13-19(22)16-32-21-5-3-4-6-21)27-33-25(28)17-9-11-31-12-10-17/h7-8,13-15,17,21,27H,3-6,9-12,16H2,1-2H3. The molecular formula is C25H32N2O6. The van der Waals surface area contributed by atoms with Gasteiger partial charge in [-0.15, -0.1) is 0 Å². The van der Waals surface area contributed by atoms with Gasteiger partial charge in [-0.2, -0.15) is 4.98 Å². The third-order valence-electron chi connectivity index (χ3n) is 6.21. The molecule has 1 aromatic heterocycles. The molecule has 2 fully saturated rings. The number of benzene rings is 1. The molecular weight excluding hydrogens is 424 g/mol. The highest BCUT2D eigenvalue weighted by atomic mass is 16.7. The number of hydrogen-bond donors (Lipinski definition) is 1. The molecule has 0 bridgehead atoms. The predicted octanol–water partition coefficient (Wildman–Crippen LogP) is 4.52. The molecule has 0 unspecified atom stereocenters. The second-order valence-electron chi connectivity index (χ2n) is 8.44. The van der Waals surface area contributed by atoms with Crippen LogP contribution in [0.15, 0.2) is 30.3 Å². The minimum atomic E-state index is -0.255. The van der Waals surface area contributed by atoms with E-state index in [1.165, 1.54) is 12.8 Å². The molecule has 1 saturated carbocycles. The van der Waals surface area contributed by atoms with Gasteiger partial charge in [0, 0.05) is 25.3 Å². The number of methoxy groups -OCH3 is 2. The fraction of sp³-hybridized carbons (Fsp3) is 0.520. The van der Waals surface area contributed by atoms with Crippen LogP contribution in [0.4, 0.5) is 5.69 Å². The van der Waals surface area contributed by atoms with E-state index in [-0.39, 0.29) is 18.0 Å². The molecule has 1 aliphatic carbocycles. The topological polar surface area (TPSA) is 88.1 Å². The van der Waals surface area contributed by atoms with Crippen LogP contribution < -0.4 is 15.0 Å². The van der Waals surface area contributed by atoms with E-state index < -0.39 is 0 Å². The van der Waals surface area contributed by atoms with Gasteiger partial charge >= 0.3 is 5.97 Å². The highest BCUT2D eigenvalue weighted by molar-refractivity contribution is 5.75. The second-order valence-corrected chi connectivity index (χ2v) is 8.44. The van der Waals surface area contributed by atoms with E-state index in [0.29, 0.717) is 50.1 Å². The van der Waals surface area contributed by atoms with Crippen molar-refractivity contribution in [2.24, 2.45) is 5.92 Å². The number of carbonyl (C=O) groups is 1. The number of carbonyl (C=O) groups excluding carboxylic acids is 1. The fourth-order valence-electron chi connectivity index (χ4n) is 4.29. The van der Waals surface area contributed by atoms with Crippen molar-refractivity contribution in [2.45, 2.75) is 51.2 Å². The first-order chi connectivity index (χ1) is 16.2. The summed E-state index contributed by atoms with van der Waals surface area (Å²) in [7, 11) is 3.16. The van der Waals surface area contributed by atoms with Crippen molar-refractivity contribution in [3.05, 3.63) is 35.9 Å². The maximum atomic E-state index is 12.4. The molecule has 8 heteroatoms. The highest BCUT2D eigenvalue weighted by Gasteiger charge is 2.23. The average Bonchev–Trinajstić information content (AvgIpc) is 3.40. The predicted molar refractivity (Wildman–Crippen MR) is 123 cm³/mol. The first-order valence-electron chi connectivity index (χ1n) is 11.6. The number of rotatable bonds is 9. The SMILES string of the molecule is COc1cc(-c2ccc(NOC(=O)C3CCOCC3)cc2COC2CCCC2)cc(OC)n1. The summed E-state index contributed by atoms with van der Waals surface area (Å²) in [5.74, 6) is 0.557. The van der Waals surface area contributed by atoms with Crippen molar-refractivity contribution in [1.29, 1.82) is 0 Å². The van der Waals surface area contributed by atoms with Crippen LogP contribution in [0.3, 0.4) is 0 Å². The van der Waals surface area contributed by atoms with Crippen molar-refractivity contribution in [2.75, 3.05) is 32.9 Å². The monoisotopic (exact) mass is 456 g/mol. The van der Waals surface area contributed by atoms with E-state index in [1.807, 2.05) is 30.3 Å². The Hall–Kier alpha value is -2.84. The molecule has 178 valence electrons. The summed E-state index contributed by atoms with van der Waals surface area (Å²) in [6.45, 7) is 1.64. The van der Waals surface area contributed by atoms with Crippen LogP contribution in [-0.4, -0.2) is 44.5 Å². The third kappa shape index (κ3) is 6.15. The first kappa shape index (κ1) is 23.3. The van der Waals surface area contributed by atoms with Crippen LogP contribution in [-0.2, 0) is 25.7 Å². The minimum absolute atomic E-state index is 0.132. The molecule has 8 nitrogen and oxygen atoms in total. The number of anilines is 1. The summed E-state index contributed by atoms with van der Waals surface area (Å²) in [5, 5.41) is 0. The Bertz CT molecular complexity index is 916. The van der Waals surface area contributed by atoms with Crippen molar-refractivity contribution in [1.82, 2.24) is 4.98 Å². The maximum Gasteiger partial charge on any atom is 0.335 e. The van der Waals surface area contributed by atoms with Gasteiger partial charge in [0.1, 0.15) is 0 Å². The zero-order valence-electron chi connectivity index (χ0n) is 19.3. The number of aromatic nitrogens is 1. The summed E-state index contributed by atoms with van der Waals surface area (Å²) in [6.07, 6.45) is 6.25. The lowest BCUT2D eigenvalue weighted by Gasteiger charge is -2.21. The van der Waals surface area contributed by atoms with Gasteiger partial charge in [0.15, 0.2) is 0 Å². The quantitative estimate of drug-likeness (QED) is 0.551. The van der Waals surface area contributed by atoms with Gasteiger partial charge in [-0.3, -0.25) is 0 Å². The number of hydrogen-bond acceptors (Lipinski definition) is 8. The summed E-state index contributed by atoms with van der Waals surface area (Å²) >= 11 is 0. The molecule has 33 heavy (non-hydrogen) atoms. The zero-order chi connectivity index (χ0) is 23.0. The normalized spacial score (nSPS) is 17.0. The Morgan fingerprint density at radius 2 is 1.73 bits per heavy atom. The van der Waals surface area contributed by atoms with Gasteiger partial charge in [0.2, 0.25) is 11.8 Å². The largest absolute Gasteiger partial charge is 0.481 e.